The average molecular weight is 368 g/mol. The molecule has 6 heteroatoms. The van der Waals surface area contributed by atoms with Crippen LogP contribution in [0.25, 0.3) is 10.9 Å². The number of rotatable bonds is 9. The Morgan fingerprint density at radius 2 is 1.89 bits per heavy atom. The lowest BCUT2D eigenvalue weighted by Gasteiger charge is -2.21. The summed E-state index contributed by atoms with van der Waals surface area (Å²) in [5.41, 5.74) is 5.05. The molecule has 1 aliphatic carbocycles. The fraction of sp³-hybridized carbons (Fsp3) is 0.476. The molecule has 6 nitrogen and oxygen atoms in total. The monoisotopic (exact) mass is 368 g/mol. The van der Waals surface area contributed by atoms with E-state index in [1.807, 2.05) is 0 Å². The lowest BCUT2D eigenvalue weighted by molar-refractivity contribution is -0.114. The zero-order valence-electron chi connectivity index (χ0n) is 15.7. The maximum absolute atomic E-state index is 11.1. The molecule has 1 amide bonds. The molecule has 0 atom stereocenters. The van der Waals surface area contributed by atoms with Crippen molar-refractivity contribution in [1.82, 2.24) is 10.3 Å². The number of hydrogen-bond acceptors (Lipinski definition) is 5. The Hall–Kier alpha value is -2.63. The summed E-state index contributed by atoms with van der Waals surface area (Å²) < 4.78 is 0. The molecule has 0 saturated heterocycles. The minimum absolute atomic E-state index is 0.353. The van der Waals surface area contributed by atoms with E-state index in [2.05, 4.69) is 40.1 Å². The molecule has 0 saturated carbocycles. The minimum atomic E-state index is -0.353. The van der Waals surface area contributed by atoms with Crippen LogP contribution in [0.3, 0.4) is 0 Å². The molecule has 0 radical (unpaired) electrons. The van der Waals surface area contributed by atoms with E-state index in [0.717, 1.165) is 56.8 Å². The van der Waals surface area contributed by atoms with Gasteiger partial charge in [-0.1, -0.05) is 36.2 Å². The van der Waals surface area contributed by atoms with Crippen LogP contribution in [-0.4, -0.2) is 35.4 Å². The fourth-order valence-electron chi connectivity index (χ4n) is 3.70. The van der Waals surface area contributed by atoms with E-state index in [1.54, 1.807) is 0 Å². The van der Waals surface area contributed by atoms with Crippen LogP contribution in [0, 0.1) is 0 Å². The van der Waals surface area contributed by atoms with Gasteiger partial charge in [0.15, 0.2) is 0 Å². The molecule has 0 aliphatic heterocycles. The summed E-state index contributed by atoms with van der Waals surface area (Å²) in [6, 6.07) is 8.41. The number of carbonyl (C=O) groups excluding carboxylic acids is 1. The number of hydrogen-bond donors (Lipinski definition) is 3. The quantitative estimate of drug-likeness (QED) is 0.273. The third-order valence-corrected chi connectivity index (χ3v) is 5.05. The summed E-state index contributed by atoms with van der Waals surface area (Å²) in [4.78, 5) is 16.0. The summed E-state index contributed by atoms with van der Waals surface area (Å²) in [6.07, 6.45) is 9.76. The highest BCUT2D eigenvalue weighted by Gasteiger charge is 2.17. The number of fused-ring (bicyclic) bond motifs is 2. The molecule has 3 rings (SSSR count). The Morgan fingerprint density at radius 3 is 2.74 bits per heavy atom. The van der Waals surface area contributed by atoms with Gasteiger partial charge in [-0.2, -0.15) is 0 Å². The zero-order valence-corrected chi connectivity index (χ0v) is 15.7. The van der Waals surface area contributed by atoms with Crippen molar-refractivity contribution in [3.05, 3.63) is 35.5 Å². The van der Waals surface area contributed by atoms with E-state index in [0.29, 0.717) is 6.54 Å². The molecular formula is C21H28N4O2. The number of nitrogens with one attached hydrogen (secondary N) is 2. The number of para-hydroxylation sites is 1. The summed E-state index contributed by atoms with van der Waals surface area (Å²) in [5.74, 6) is -0.353. The molecule has 1 aromatic carbocycles. The van der Waals surface area contributed by atoms with E-state index < -0.39 is 0 Å². The molecule has 1 heterocycles. The number of oxime groups is 1. The molecule has 144 valence electrons. The second-order valence-corrected chi connectivity index (χ2v) is 7.01. The predicted molar refractivity (Wildman–Crippen MR) is 109 cm³/mol. The smallest absolute Gasteiger partial charge is 0.265 e. The van der Waals surface area contributed by atoms with Crippen LogP contribution in [0.2, 0.25) is 0 Å². The molecule has 0 unspecified atom stereocenters. The van der Waals surface area contributed by atoms with Gasteiger partial charge in [0.25, 0.3) is 5.91 Å². The van der Waals surface area contributed by atoms with Gasteiger partial charge < -0.3 is 15.8 Å². The van der Waals surface area contributed by atoms with Crippen LogP contribution in [-0.2, 0) is 17.6 Å². The lowest BCUT2D eigenvalue weighted by Crippen LogP contribution is -2.25. The van der Waals surface area contributed by atoms with Gasteiger partial charge in [0.2, 0.25) is 0 Å². The number of nitrogens with zero attached hydrogens (tertiary/aromatic N) is 2. The highest BCUT2D eigenvalue weighted by Crippen LogP contribution is 2.33. The number of amides is 1. The molecular weight excluding hydrogens is 340 g/mol. The third kappa shape index (κ3) is 5.18. The lowest BCUT2D eigenvalue weighted by atomic mass is 9.92. The van der Waals surface area contributed by atoms with Crippen molar-refractivity contribution in [3.8, 4) is 0 Å². The summed E-state index contributed by atoms with van der Waals surface area (Å²) in [6.45, 7) is 1.56. The van der Waals surface area contributed by atoms with Gasteiger partial charge in [-0.15, -0.1) is 0 Å². The number of aryl methyl sites for hydroxylation is 1. The second kappa shape index (κ2) is 9.90. The molecule has 1 aliphatic rings. The van der Waals surface area contributed by atoms with E-state index in [-0.39, 0.29) is 5.91 Å². The first-order chi connectivity index (χ1) is 13.3. The Kier molecular flexibility index (Phi) is 7.02. The second-order valence-electron chi connectivity index (χ2n) is 7.01. The summed E-state index contributed by atoms with van der Waals surface area (Å²) in [5, 5.41) is 18.6. The van der Waals surface area contributed by atoms with Crippen molar-refractivity contribution in [2.45, 2.75) is 51.4 Å². The first-order valence-electron chi connectivity index (χ1n) is 9.89. The Morgan fingerprint density at radius 1 is 1.11 bits per heavy atom. The van der Waals surface area contributed by atoms with Gasteiger partial charge in [0.1, 0.15) is 6.21 Å². The normalized spacial score (nSPS) is 13.6. The van der Waals surface area contributed by atoms with Gasteiger partial charge >= 0.3 is 0 Å². The number of pyridine rings is 1. The van der Waals surface area contributed by atoms with E-state index in [4.69, 9.17) is 10.2 Å². The first-order valence-corrected chi connectivity index (χ1v) is 9.89. The Balaban J connectivity index is 1.48. The molecule has 27 heavy (non-hydrogen) atoms. The average Bonchev–Trinajstić information content (AvgIpc) is 2.69. The van der Waals surface area contributed by atoms with Crippen LogP contribution in [0.5, 0.6) is 0 Å². The van der Waals surface area contributed by atoms with Crippen molar-refractivity contribution in [1.29, 1.82) is 0 Å². The van der Waals surface area contributed by atoms with Crippen LogP contribution in [0.4, 0.5) is 5.69 Å². The van der Waals surface area contributed by atoms with Crippen molar-refractivity contribution in [3.63, 3.8) is 0 Å². The van der Waals surface area contributed by atoms with Gasteiger partial charge in [-0.3, -0.25) is 9.78 Å². The van der Waals surface area contributed by atoms with Crippen molar-refractivity contribution in [2.24, 2.45) is 5.16 Å². The van der Waals surface area contributed by atoms with Crippen LogP contribution >= 0.6 is 0 Å². The zero-order chi connectivity index (χ0) is 18.9. The Bertz CT molecular complexity index is 804. The molecule has 0 bridgehead atoms. The van der Waals surface area contributed by atoms with Crippen LogP contribution in [0.15, 0.2) is 29.4 Å². The predicted octanol–water partition coefficient (Wildman–Crippen LogP) is 3.66. The van der Waals surface area contributed by atoms with Gasteiger partial charge in [0.05, 0.1) is 5.52 Å². The van der Waals surface area contributed by atoms with Crippen LogP contribution < -0.4 is 10.6 Å². The number of anilines is 1. The molecule has 2 aromatic rings. The molecule has 0 fully saturated rings. The van der Waals surface area contributed by atoms with Gasteiger partial charge in [-0.25, -0.2) is 0 Å². The molecule has 1 aromatic heterocycles. The maximum Gasteiger partial charge on any atom is 0.265 e. The highest BCUT2D eigenvalue weighted by molar-refractivity contribution is 6.25. The van der Waals surface area contributed by atoms with Crippen molar-refractivity contribution >= 4 is 28.7 Å². The van der Waals surface area contributed by atoms with E-state index in [9.17, 15) is 4.79 Å². The standard InChI is InChI=1S/C21H28N4O2/c26-20(15-24-27)22-13-7-1-2-8-14-23-21-16-9-3-5-11-18(16)25-19-12-6-4-10-17(19)21/h3,5,9,11,15,27H,1-2,4,6-8,10,12-14H2,(H,22,26)(H,23,25)/b24-15+. The number of benzene rings is 1. The number of aromatic nitrogens is 1. The first kappa shape index (κ1) is 19.1. The number of unbranched alkanes of at least 4 members (excludes halogenated alkanes) is 3. The van der Waals surface area contributed by atoms with E-state index in [1.165, 1.54) is 35.2 Å². The number of carbonyl (C=O) groups is 1. The highest BCUT2D eigenvalue weighted by atomic mass is 16.4. The third-order valence-electron chi connectivity index (χ3n) is 5.05. The molecule has 0 spiro atoms. The molecule has 3 N–H and O–H groups in total. The fourth-order valence-corrected chi connectivity index (χ4v) is 3.70. The Labute approximate surface area is 160 Å². The van der Waals surface area contributed by atoms with Crippen molar-refractivity contribution < 1.29 is 10.0 Å². The summed E-state index contributed by atoms with van der Waals surface area (Å²) >= 11 is 0. The minimum Gasteiger partial charge on any atom is -0.411 e. The largest absolute Gasteiger partial charge is 0.411 e. The van der Waals surface area contributed by atoms with Crippen LogP contribution in [0.1, 0.15) is 49.8 Å². The van der Waals surface area contributed by atoms with E-state index >= 15 is 0 Å². The topological polar surface area (TPSA) is 86.6 Å². The van der Waals surface area contributed by atoms with Crippen molar-refractivity contribution in [2.75, 3.05) is 18.4 Å². The van der Waals surface area contributed by atoms with Gasteiger partial charge in [-0.05, 0) is 50.2 Å². The SMILES string of the molecule is O=C(/C=N/O)NCCCCCCNc1c2c(nc3ccccc13)CCCC2. The van der Waals surface area contributed by atoms with Gasteiger partial charge in [0, 0.05) is 29.9 Å². The maximum atomic E-state index is 11.1. The summed E-state index contributed by atoms with van der Waals surface area (Å²) in [7, 11) is 0.